The van der Waals surface area contributed by atoms with E-state index in [4.69, 9.17) is 5.11 Å². The number of hydrogen-bond acceptors (Lipinski definition) is 6. The number of carboxylic acids is 1. The Labute approximate surface area is 166 Å². The van der Waals surface area contributed by atoms with Crippen molar-refractivity contribution in [2.45, 2.75) is 0 Å². The topological polar surface area (TPSA) is 93.4 Å². The van der Waals surface area contributed by atoms with Crippen LogP contribution in [0.1, 0.15) is 15.9 Å². The van der Waals surface area contributed by atoms with E-state index in [1.165, 1.54) is 34.9 Å². The van der Waals surface area contributed by atoms with Crippen LogP contribution in [0.4, 0.5) is 11.4 Å². The second-order valence-corrected chi connectivity index (χ2v) is 7.37. The fraction of sp³-hybridized carbons (Fsp3) is 0.150. The number of thioether (sulfide) groups is 1. The van der Waals surface area contributed by atoms with E-state index >= 15 is 0 Å². The molecule has 0 spiro atoms. The molecule has 7 nitrogen and oxygen atoms in total. The molecule has 1 amide bonds. The number of nitrogens with zero attached hydrogens (tertiary/aromatic N) is 3. The van der Waals surface area contributed by atoms with Gasteiger partial charge in [0, 0.05) is 32.9 Å². The number of phenols is 1. The first-order valence-electron chi connectivity index (χ1n) is 8.36. The molecule has 2 aromatic carbocycles. The zero-order chi connectivity index (χ0) is 20.4. The van der Waals surface area contributed by atoms with Crippen molar-refractivity contribution >= 4 is 46.3 Å². The number of carbonyl (C=O) groups excluding carboxylic acids is 1. The minimum absolute atomic E-state index is 0.174. The number of aromatic carboxylic acids is 1. The summed E-state index contributed by atoms with van der Waals surface area (Å²) in [6.45, 7) is 0. The first-order chi connectivity index (χ1) is 13.3. The van der Waals surface area contributed by atoms with Crippen molar-refractivity contribution in [3.8, 4) is 5.75 Å². The minimum Gasteiger partial charge on any atom is -0.507 e. The van der Waals surface area contributed by atoms with Gasteiger partial charge >= 0.3 is 5.97 Å². The van der Waals surface area contributed by atoms with Gasteiger partial charge in [-0.2, -0.15) is 0 Å². The molecule has 1 aliphatic rings. The smallest absolute Gasteiger partial charge is 0.339 e. The van der Waals surface area contributed by atoms with Crippen LogP contribution >= 0.6 is 11.8 Å². The quantitative estimate of drug-likeness (QED) is 0.768. The van der Waals surface area contributed by atoms with E-state index in [1.807, 2.05) is 43.3 Å². The maximum Gasteiger partial charge on any atom is 0.339 e. The summed E-state index contributed by atoms with van der Waals surface area (Å²) < 4.78 is 0. The first kappa shape index (κ1) is 19.5. The monoisotopic (exact) mass is 397 g/mol. The van der Waals surface area contributed by atoms with Crippen LogP contribution in [0.5, 0.6) is 5.75 Å². The molecule has 0 saturated carbocycles. The number of carbonyl (C=O) groups is 2. The minimum atomic E-state index is -1.22. The Hall–Kier alpha value is -3.26. The SMILES string of the molecule is CN1C(=O)/C(=C/c2ccc(N(C)C)cc2)SC1=Nc1ccc(C(=O)O)c(O)c1. The van der Waals surface area contributed by atoms with Gasteiger partial charge < -0.3 is 15.1 Å². The highest BCUT2D eigenvalue weighted by molar-refractivity contribution is 8.18. The number of aliphatic imine (C=N–C) groups is 1. The Morgan fingerprint density at radius 3 is 2.43 bits per heavy atom. The van der Waals surface area contributed by atoms with E-state index in [2.05, 4.69) is 4.99 Å². The summed E-state index contributed by atoms with van der Waals surface area (Å²) in [6, 6.07) is 11.8. The van der Waals surface area contributed by atoms with Gasteiger partial charge in [-0.3, -0.25) is 9.69 Å². The van der Waals surface area contributed by atoms with Crippen molar-refractivity contribution in [3.63, 3.8) is 0 Å². The molecule has 0 aliphatic carbocycles. The highest BCUT2D eigenvalue weighted by Crippen LogP contribution is 2.34. The zero-order valence-electron chi connectivity index (χ0n) is 15.6. The van der Waals surface area contributed by atoms with Gasteiger partial charge in [-0.1, -0.05) is 12.1 Å². The zero-order valence-corrected chi connectivity index (χ0v) is 16.4. The van der Waals surface area contributed by atoms with E-state index in [0.717, 1.165) is 11.3 Å². The number of anilines is 1. The highest BCUT2D eigenvalue weighted by atomic mass is 32.2. The maximum atomic E-state index is 12.5. The van der Waals surface area contributed by atoms with Crippen molar-refractivity contribution < 1.29 is 19.8 Å². The standard InChI is InChI=1S/C20H19N3O4S/c1-22(2)14-7-4-12(5-8-14)10-17-18(25)23(3)20(28-17)21-13-6-9-15(19(26)27)16(24)11-13/h4-11,24H,1-3H3,(H,26,27)/b17-10-,21-20?. The van der Waals surface area contributed by atoms with Crippen LogP contribution in [-0.2, 0) is 4.79 Å². The third kappa shape index (κ3) is 4.01. The third-order valence-corrected chi connectivity index (χ3v) is 5.21. The Balaban J connectivity index is 1.85. The van der Waals surface area contributed by atoms with Gasteiger partial charge in [0.05, 0.1) is 10.6 Å². The molecular formula is C20H19N3O4S. The summed E-state index contributed by atoms with van der Waals surface area (Å²) in [6.07, 6.45) is 1.80. The number of carboxylic acid groups (broad SMARTS) is 1. The Morgan fingerprint density at radius 1 is 1.18 bits per heavy atom. The van der Waals surface area contributed by atoms with Gasteiger partial charge in [-0.25, -0.2) is 9.79 Å². The van der Waals surface area contributed by atoms with E-state index < -0.39 is 5.97 Å². The lowest BCUT2D eigenvalue weighted by Crippen LogP contribution is -2.23. The number of benzene rings is 2. The molecule has 2 aromatic rings. The van der Waals surface area contributed by atoms with Crippen molar-refractivity contribution in [3.05, 3.63) is 58.5 Å². The Morgan fingerprint density at radius 2 is 1.86 bits per heavy atom. The molecule has 144 valence electrons. The average Bonchev–Trinajstić information content (AvgIpc) is 2.90. The fourth-order valence-electron chi connectivity index (χ4n) is 2.55. The molecule has 1 aliphatic heterocycles. The summed E-state index contributed by atoms with van der Waals surface area (Å²) in [5, 5.41) is 19.2. The van der Waals surface area contributed by atoms with E-state index in [-0.39, 0.29) is 17.2 Å². The van der Waals surface area contributed by atoms with Crippen LogP contribution in [0, 0.1) is 0 Å². The van der Waals surface area contributed by atoms with Crippen molar-refractivity contribution in [1.29, 1.82) is 0 Å². The second-order valence-electron chi connectivity index (χ2n) is 6.36. The van der Waals surface area contributed by atoms with Gasteiger partial charge in [0.15, 0.2) is 5.17 Å². The molecule has 2 N–H and O–H groups in total. The molecule has 1 saturated heterocycles. The molecule has 0 atom stereocenters. The summed E-state index contributed by atoms with van der Waals surface area (Å²) in [4.78, 5) is 31.8. The molecule has 0 radical (unpaired) electrons. The predicted molar refractivity (Wildman–Crippen MR) is 111 cm³/mol. The van der Waals surface area contributed by atoms with Gasteiger partial charge in [-0.05, 0) is 47.7 Å². The summed E-state index contributed by atoms with van der Waals surface area (Å²) in [7, 11) is 5.54. The molecule has 28 heavy (non-hydrogen) atoms. The van der Waals surface area contributed by atoms with E-state index in [0.29, 0.717) is 15.8 Å². The van der Waals surface area contributed by atoms with Crippen molar-refractivity contribution in [1.82, 2.24) is 4.90 Å². The largest absolute Gasteiger partial charge is 0.507 e. The van der Waals surface area contributed by atoms with Gasteiger partial charge in [0.25, 0.3) is 5.91 Å². The number of hydrogen-bond donors (Lipinski definition) is 2. The molecule has 0 aromatic heterocycles. The van der Waals surface area contributed by atoms with Gasteiger partial charge in [0.1, 0.15) is 11.3 Å². The number of likely N-dealkylation sites (N-methyl/N-ethyl adjacent to an activating group) is 1. The summed E-state index contributed by atoms with van der Waals surface area (Å²) in [5.41, 5.74) is 2.13. The van der Waals surface area contributed by atoms with Crippen LogP contribution in [0.15, 0.2) is 52.4 Å². The summed E-state index contributed by atoms with van der Waals surface area (Å²) >= 11 is 1.22. The van der Waals surface area contributed by atoms with Crippen LogP contribution in [0.25, 0.3) is 6.08 Å². The second kappa shape index (κ2) is 7.77. The molecule has 1 fully saturated rings. The lowest BCUT2D eigenvalue weighted by atomic mass is 10.2. The van der Waals surface area contributed by atoms with Crippen LogP contribution in [-0.4, -0.2) is 53.3 Å². The van der Waals surface area contributed by atoms with Gasteiger partial charge in [-0.15, -0.1) is 0 Å². The third-order valence-electron chi connectivity index (χ3n) is 4.15. The molecule has 0 bridgehead atoms. The molecule has 3 rings (SSSR count). The first-order valence-corrected chi connectivity index (χ1v) is 9.18. The highest BCUT2D eigenvalue weighted by Gasteiger charge is 2.30. The Kier molecular flexibility index (Phi) is 5.41. The number of aromatic hydroxyl groups is 1. The molecule has 1 heterocycles. The van der Waals surface area contributed by atoms with E-state index in [1.54, 1.807) is 13.1 Å². The number of rotatable bonds is 4. The van der Waals surface area contributed by atoms with Gasteiger partial charge in [0.2, 0.25) is 0 Å². The lowest BCUT2D eigenvalue weighted by Gasteiger charge is -2.11. The average molecular weight is 397 g/mol. The van der Waals surface area contributed by atoms with Crippen LogP contribution in [0.3, 0.4) is 0 Å². The number of amidine groups is 1. The normalized spacial score (nSPS) is 16.8. The van der Waals surface area contributed by atoms with Crippen molar-refractivity contribution in [2.75, 3.05) is 26.0 Å². The van der Waals surface area contributed by atoms with E-state index in [9.17, 15) is 14.7 Å². The molecule has 0 unspecified atom stereocenters. The molecule has 8 heteroatoms. The predicted octanol–water partition coefficient (Wildman–Crippen LogP) is 3.39. The number of amides is 1. The Bertz CT molecular complexity index is 997. The summed E-state index contributed by atoms with van der Waals surface area (Å²) in [5.74, 6) is -1.76. The fourth-order valence-corrected chi connectivity index (χ4v) is 3.54. The molecular weight excluding hydrogens is 378 g/mol. The maximum absolute atomic E-state index is 12.5. The van der Waals surface area contributed by atoms with Crippen LogP contribution < -0.4 is 4.90 Å². The van der Waals surface area contributed by atoms with Crippen LogP contribution in [0.2, 0.25) is 0 Å². The lowest BCUT2D eigenvalue weighted by molar-refractivity contribution is -0.121. The van der Waals surface area contributed by atoms with Crippen molar-refractivity contribution in [2.24, 2.45) is 4.99 Å².